The van der Waals surface area contributed by atoms with Crippen LogP contribution in [0.25, 0.3) is 0 Å². The number of aromatic amines is 1. The van der Waals surface area contributed by atoms with Gasteiger partial charge in [0.15, 0.2) is 12.5 Å². The zero-order valence-electron chi connectivity index (χ0n) is 20.8. The summed E-state index contributed by atoms with van der Waals surface area (Å²) in [4.78, 5) is 64.1. The molecule has 1 aromatic rings. The third-order valence-electron chi connectivity index (χ3n) is 5.14. The Morgan fingerprint density at radius 2 is 1.45 bits per heavy atom. The van der Waals surface area contributed by atoms with E-state index in [9.17, 15) is 47.4 Å². The average Bonchev–Trinajstić information content (AvgIpc) is 3.33. The highest BCUT2D eigenvalue weighted by atomic mass is 31.3. The Balaban J connectivity index is 1.70. The van der Waals surface area contributed by atoms with Gasteiger partial charge in [0.05, 0.1) is 13.2 Å². The third-order valence-corrected chi connectivity index (χ3v) is 11.1. The molecule has 3 heterocycles. The minimum atomic E-state index is -5.96. The molecule has 2 fully saturated rings. The topological polar surface area (TPSA) is 278 Å². The van der Waals surface area contributed by atoms with E-state index in [4.69, 9.17) is 18.7 Å². The van der Waals surface area contributed by atoms with E-state index < -0.39 is 86.6 Å². The molecule has 20 nitrogen and oxygen atoms in total. The first-order chi connectivity index (χ1) is 18.5. The van der Waals surface area contributed by atoms with Crippen LogP contribution in [0.2, 0.25) is 0 Å². The van der Waals surface area contributed by atoms with Gasteiger partial charge < -0.3 is 33.8 Å². The Morgan fingerprint density at radius 1 is 0.875 bits per heavy atom. The molecular weight excluding hydrogens is 632 g/mol. The summed E-state index contributed by atoms with van der Waals surface area (Å²) in [6.45, 7) is 1.83. The van der Waals surface area contributed by atoms with E-state index in [1.165, 1.54) is 6.92 Å². The predicted molar refractivity (Wildman–Crippen MR) is 128 cm³/mol. The maximum Gasteiger partial charge on any atom is 0.490 e. The van der Waals surface area contributed by atoms with Crippen molar-refractivity contribution in [1.82, 2.24) is 9.55 Å². The second-order valence-corrected chi connectivity index (χ2v) is 14.4. The van der Waals surface area contributed by atoms with Crippen molar-refractivity contribution in [2.24, 2.45) is 0 Å². The number of aromatic nitrogens is 2. The number of H-pyrrole nitrogens is 1. The van der Waals surface area contributed by atoms with Crippen molar-refractivity contribution in [2.45, 2.75) is 63.9 Å². The van der Waals surface area contributed by atoms with Gasteiger partial charge in [0.1, 0.15) is 18.3 Å². The van der Waals surface area contributed by atoms with E-state index in [-0.39, 0.29) is 0 Å². The van der Waals surface area contributed by atoms with Crippen molar-refractivity contribution in [3.05, 3.63) is 33.1 Å². The zero-order valence-corrected chi connectivity index (χ0v) is 24.4. The summed E-state index contributed by atoms with van der Waals surface area (Å²) >= 11 is 0. The first-order valence-corrected chi connectivity index (χ1v) is 17.5. The smallest absolute Gasteiger partial charge is 0.346 e. The van der Waals surface area contributed by atoms with Crippen LogP contribution in [-0.4, -0.2) is 66.9 Å². The second-order valence-electron chi connectivity index (χ2n) is 8.19. The summed E-state index contributed by atoms with van der Waals surface area (Å²) in [6, 6.07) is 1.05. The van der Waals surface area contributed by atoms with Gasteiger partial charge in [-0.15, -0.1) is 0 Å². The molecule has 6 unspecified atom stereocenters. The SMILES string of the molecule is CCCCC1OC2[C@@H](O1)[C@@H](COP(=O)(O)OP(=O)(O)OP(=O)(O)OP(=O)(O)OCC)O[C@H]2n1ccc(=O)[nH]c1=O. The molecule has 0 amide bonds. The summed E-state index contributed by atoms with van der Waals surface area (Å²) in [5, 5.41) is 0. The lowest BCUT2D eigenvalue weighted by molar-refractivity contribution is -0.153. The van der Waals surface area contributed by atoms with Crippen molar-refractivity contribution >= 4 is 31.3 Å². The second kappa shape index (κ2) is 13.2. The molecule has 40 heavy (non-hydrogen) atoms. The largest absolute Gasteiger partial charge is 0.490 e. The Labute approximate surface area is 225 Å². The van der Waals surface area contributed by atoms with Crippen LogP contribution in [0.5, 0.6) is 0 Å². The molecule has 24 heteroatoms. The molecular formula is C16H28N2O18P4. The zero-order chi connectivity index (χ0) is 29.9. The Kier molecular flexibility index (Phi) is 11.1. The highest BCUT2D eigenvalue weighted by molar-refractivity contribution is 7.69. The van der Waals surface area contributed by atoms with E-state index in [1.807, 2.05) is 11.9 Å². The summed E-state index contributed by atoms with van der Waals surface area (Å²) in [7, 11) is -22.6. The van der Waals surface area contributed by atoms with Crippen molar-refractivity contribution in [3.63, 3.8) is 0 Å². The van der Waals surface area contributed by atoms with Crippen molar-refractivity contribution in [1.29, 1.82) is 0 Å². The molecule has 0 aromatic carbocycles. The fraction of sp³-hybridized carbons (Fsp3) is 0.750. The molecule has 0 bridgehead atoms. The molecule has 2 aliphatic heterocycles. The van der Waals surface area contributed by atoms with Crippen molar-refractivity contribution in [2.75, 3.05) is 13.2 Å². The number of hydrogen-bond donors (Lipinski definition) is 5. The first kappa shape index (κ1) is 33.6. The van der Waals surface area contributed by atoms with E-state index >= 15 is 0 Å². The standard InChI is InChI=1S/C16H28N2O18P4/c1-3-5-6-12-32-13-10(31-15(14(13)33-12)18-8-7-11(19)17-16(18)20)9-30-38(23,24)35-40(27,28)36-39(25,26)34-37(21,22)29-4-2/h7-8,10,12-15H,3-6,9H2,1-2H3,(H,21,22)(H,23,24)(H,25,26)(H,27,28)(H,17,19,20)/t10-,12?,13+,14?,15-/m1/s1. The molecule has 0 spiro atoms. The van der Waals surface area contributed by atoms with E-state index in [0.717, 1.165) is 29.7 Å². The molecule has 5 N–H and O–H groups in total. The summed E-state index contributed by atoms with van der Waals surface area (Å²) in [5.41, 5.74) is -1.52. The lowest BCUT2D eigenvalue weighted by Crippen LogP contribution is -2.36. The van der Waals surface area contributed by atoms with Gasteiger partial charge in [-0.1, -0.05) is 13.3 Å². The number of nitrogens with zero attached hydrogens (tertiary/aromatic N) is 1. The third kappa shape index (κ3) is 9.31. The summed E-state index contributed by atoms with van der Waals surface area (Å²) in [5.74, 6) is 0. The Bertz CT molecular complexity index is 1350. The maximum atomic E-state index is 12.3. The molecule has 2 aliphatic rings. The highest BCUT2D eigenvalue weighted by Crippen LogP contribution is 2.71. The highest BCUT2D eigenvalue weighted by Gasteiger charge is 2.54. The predicted octanol–water partition coefficient (Wildman–Crippen LogP) is 1.24. The van der Waals surface area contributed by atoms with Crippen LogP contribution in [-0.2, 0) is 54.5 Å². The van der Waals surface area contributed by atoms with Gasteiger partial charge in [0.25, 0.3) is 5.56 Å². The van der Waals surface area contributed by atoms with Crippen LogP contribution in [0.1, 0.15) is 39.3 Å². The number of phosphoric ester groups is 2. The molecule has 2 saturated heterocycles. The summed E-state index contributed by atoms with van der Waals surface area (Å²) in [6.07, 6.45) is -1.94. The number of unbranched alkanes of at least 4 members (excludes halogenated alkanes) is 1. The van der Waals surface area contributed by atoms with Crippen molar-refractivity contribution < 1.29 is 74.0 Å². The molecule has 3 rings (SSSR count). The number of fused-ring (bicyclic) bond motifs is 1. The average molecular weight is 660 g/mol. The first-order valence-electron chi connectivity index (χ1n) is 11.5. The van der Waals surface area contributed by atoms with E-state index in [1.54, 1.807) is 0 Å². The van der Waals surface area contributed by atoms with Gasteiger partial charge in [0.2, 0.25) is 0 Å². The van der Waals surface area contributed by atoms with Crippen LogP contribution in [0.4, 0.5) is 0 Å². The van der Waals surface area contributed by atoms with Crippen LogP contribution < -0.4 is 11.2 Å². The van der Waals surface area contributed by atoms with Crippen molar-refractivity contribution in [3.8, 4) is 0 Å². The summed E-state index contributed by atoms with van der Waals surface area (Å²) < 4.78 is 86.3. The molecule has 230 valence electrons. The van der Waals surface area contributed by atoms with Crippen LogP contribution in [0.3, 0.4) is 0 Å². The van der Waals surface area contributed by atoms with E-state index in [0.29, 0.717) is 6.42 Å². The Morgan fingerprint density at radius 3 is 2.02 bits per heavy atom. The number of ether oxygens (including phenoxy) is 3. The van der Waals surface area contributed by atoms with E-state index in [2.05, 4.69) is 17.5 Å². The quantitative estimate of drug-likeness (QED) is 0.165. The molecule has 0 saturated carbocycles. The lowest BCUT2D eigenvalue weighted by atomic mass is 10.1. The fourth-order valence-corrected chi connectivity index (χ4v) is 8.63. The fourth-order valence-electron chi connectivity index (χ4n) is 3.69. The van der Waals surface area contributed by atoms with Crippen LogP contribution >= 0.6 is 31.3 Å². The van der Waals surface area contributed by atoms with Gasteiger partial charge in [-0.3, -0.25) is 23.4 Å². The number of nitrogens with one attached hydrogen (secondary N) is 1. The number of phosphoric acid groups is 4. The van der Waals surface area contributed by atoms with Gasteiger partial charge >= 0.3 is 37.0 Å². The van der Waals surface area contributed by atoms with Gasteiger partial charge in [-0.2, -0.15) is 12.9 Å². The Hall–Kier alpha value is -0.880. The van der Waals surface area contributed by atoms with Gasteiger partial charge in [-0.05, 0) is 19.8 Å². The monoisotopic (exact) mass is 660 g/mol. The van der Waals surface area contributed by atoms with Gasteiger partial charge in [-0.25, -0.2) is 23.1 Å². The van der Waals surface area contributed by atoms with Gasteiger partial charge in [0, 0.05) is 12.3 Å². The number of hydrogen-bond acceptors (Lipinski definition) is 14. The normalized spacial score (nSPS) is 30.6. The minimum Gasteiger partial charge on any atom is -0.346 e. The maximum absolute atomic E-state index is 12.3. The lowest BCUT2D eigenvalue weighted by Gasteiger charge is -2.22. The minimum absolute atomic E-state index is 0.461. The van der Waals surface area contributed by atoms with Crippen LogP contribution in [0.15, 0.2) is 21.9 Å². The molecule has 1 aromatic heterocycles. The molecule has 9 atom stereocenters. The molecule has 0 radical (unpaired) electrons. The molecule has 0 aliphatic carbocycles. The van der Waals surface area contributed by atoms with Crippen LogP contribution in [0, 0.1) is 0 Å². The number of rotatable bonds is 15.